The summed E-state index contributed by atoms with van der Waals surface area (Å²) in [6.45, 7) is 10.4. The first kappa shape index (κ1) is 110. The van der Waals surface area contributed by atoms with E-state index in [-0.39, 0.29) is 106 Å². The van der Waals surface area contributed by atoms with Crippen LogP contribution in [0.1, 0.15) is 420 Å². The van der Waals surface area contributed by atoms with Gasteiger partial charge in [-0.15, -0.1) is 0 Å². The van der Waals surface area contributed by atoms with Gasteiger partial charge in [0.2, 0.25) is 11.8 Å². The van der Waals surface area contributed by atoms with Gasteiger partial charge in [0, 0.05) is 51.6 Å². The second kappa shape index (κ2) is 82.1. The zero-order chi connectivity index (χ0) is 80.0. The van der Waals surface area contributed by atoms with Crippen LogP contribution < -0.4 is 45.1 Å². The molecule has 2 amide bonds. The van der Waals surface area contributed by atoms with Crippen LogP contribution in [0.4, 0.5) is 0 Å². The van der Waals surface area contributed by atoms with Crippen LogP contribution in [-0.2, 0) is 84.4 Å². The molecule has 110 heavy (non-hydrogen) atoms. The van der Waals surface area contributed by atoms with Crippen LogP contribution in [0.2, 0.25) is 0 Å². The summed E-state index contributed by atoms with van der Waals surface area (Å²) in [5.74, 6) is -2.99. The molecule has 0 rings (SSSR count). The molecule has 6 atom stereocenters. The van der Waals surface area contributed by atoms with E-state index >= 15 is 0 Å². The molecule has 0 fully saturated rings. The van der Waals surface area contributed by atoms with Gasteiger partial charge in [0.25, 0.3) is 7.82 Å². The number of unbranched alkanes of at least 4 members (excludes halogenated alkanes) is 44. The summed E-state index contributed by atoms with van der Waals surface area (Å²) in [4.78, 5) is 101. The van der Waals surface area contributed by atoms with Crippen molar-refractivity contribution in [2.75, 3.05) is 65.9 Å². The van der Waals surface area contributed by atoms with Gasteiger partial charge in [-0.2, -0.15) is 0 Å². The molecule has 0 aromatic rings. The van der Waals surface area contributed by atoms with E-state index in [1.165, 1.54) is 161 Å². The maximum absolute atomic E-state index is 13.2. The van der Waals surface area contributed by atoms with Crippen molar-refractivity contribution < 1.29 is 124 Å². The third-order valence-corrected chi connectivity index (χ3v) is 21.6. The maximum atomic E-state index is 13.2. The third kappa shape index (κ3) is 78.5. The van der Waals surface area contributed by atoms with Crippen LogP contribution in [-0.4, -0.2) is 131 Å². The standard InChI is InChI=1S/C85H164N2O20P2.Na/c1-7-13-19-25-29-33-35-39-43-49-55-61-84(92)106-78(72-98-67-63-76(57-51-45-23-17-11-5)104-82(90)59-53-47-41-37-31-27-21-15-9-3)74-102-108(94,95)100-69-65-86-80(88)71-81(89)87-66-70-101-109(96,97)103-75-79(107-85(93)62-56-50-44-40-36-34-30-26-20-14-8-2)73-99-68-64-77(58-52-46-24-18-12-6)105-83(91)60-54-48-42-38-32-28-22-16-10-4;/h76-79H,7-75H2,1-6H3,(H,86,88)(H,87,89)(H,94,95)(H,96,97);/q;+1/p-1/t76-,77+,78?,79?;. The van der Waals surface area contributed by atoms with E-state index < -0.39 is 84.5 Å². The van der Waals surface area contributed by atoms with Crippen molar-refractivity contribution in [1.29, 1.82) is 0 Å². The Morgan fingerprint density at radius 3 is 0.836 bits per heavy atom. The molecule has 4 unspecified atom stereocenters. The average Bonchev–Trinajstić information content (AvgIpc) is 0.922. The van der Waals surface area contributed by atoms with E-state index in [1.807, 2.05) is 0 Å². The fraction of sp³-hybridized carbons (Fsp3) is 0.929. The topological polar surface area (TPSA) is 296 Å². The van der Waals surface area contributed by atoms with Gasteiger partial charge >= 0.3 is 61.3 Å². The first-order chi connectivity index (χ1) is 52.9. The summed E-state index contributed by atoms with van der Waals surface area (Å²) in [5, 5.41) is 4.84. The van der Waals surface area contributed by atoms with Gasteiger partial charge in [0.05, 0.1) is 52.9 Å². The van der Waals surface area contributed by atoms with Crippen LogP contribution in [0.3, 0.4) is 0 Å². The molecule has 0 saturated carbocycles. The molecule has 0 aromatic carbocycles. The molecular weight excluding hydrogens is 1450 g/mol. The smallest absolute Gasteiger partial charge is 0.756 e. The van der Waals surface area contributed by atoms with Crippen molar-refractivity contribution in [2.24, 2.45) is 0 Å². The van der Waals surface area contributed by atoms with Gasteiger partial charge in [-0.25, -0.2) is 4.57 Å². The maximum Gasteiger partial charge on any atom is 1.00 e. The van der Waals surface area contributed by atoms with Crippen molar-refractivity contribution in [3.63, 3.8) is 0 Å². The van der Waals surface area contributed by atoms with E-state index in [4.69, 9.17) is 46.5 Å². The second-order valence-electron chi connectivity index (χ2n) is 30.4. The summed E-state index contributed by atoms with van der Waals surface area (Å²) in [6.07, 6.45) is 55.4. The second-order valence-corrected chi connectivity index (χ2v) is 33.2. The molecule has 644 valence electrons. The van der Waals surface area contributed by atoms with Gasteiger partial charge in [-0.1, -0.05) is 324 Å². The van der Waals surface area contributed by atoms with Gasteiger partial charge < -0.3 is 57.9 Å². The Morgan fingerprint density at radius 1 is 0.300 bits per heavy atom. The van der Waals surface area contributed by atoms with Gasteiger partial charge in [0.15, 0.2) is 0 Å². The van der Waals surface area contributed by atoms with Crippen molar-refractivity contribution in [1.82, 2.24) is 10.6 Å². The molecule has 25 heteroatoms. The summed E-state index contributed by atoms with van der Waals surface area (Å²) < 4.78 is 82.2. The normalized spacial score (nSPS) is 13.7. The largest absolute Gasteiger partial charge is 1.00 e. The number of amides is 2. The van der Waals surface area contributed by atoms with E-state index in [0.29, 0.717) is 51.4 Å². The predicted octanol–water partition coefficient (Wildman–Crippen LogP) is 18.7. The minimum Gasteiger partial charge on any atom is -0.756 e. The number of rotatable bonds is 86. The summed E-state index contributed by atoms with van der Waals surface area (Å²) in [5.41, 5.74) is 0. The molecule has 0 aliphatic carbocycles. The number of hydrogen-bond donors (Lipinski definition) is 3. The number of hydrogen-bond acceptors (Lipinski definition) is 19. The van der Waals surface area contributed by atoms with Gasteiger partial charge in [0.1, 0.15) is 30.8 Å². The molecule has 22 nitrogen and oxygen atoms in total. The molecule has 0 aliphatic rings. The van der Waals surface area contributed by atoms with E-state index in [2.05, 4.69) is 52.2 Å². The zero-order valence-corrected chi connectivity index (χ0v) is 75.0. The number of phosphoric ester groups is 2. The van der Waals surface area contributed by atoms with E-state index in [9.17, 15) is 47.7 Å². The Kier molecular flexibility index (Phi) is 82.1. The van der Waals surface area contributed by atoms with Crippen molar-refractivity contribution >= 4 is 51.3 Å². The molecular formula is C85H163N2NaO20P2. The van der Waals surface area contributed by atoms with Crippen molar-refractivity contribution in [3.05, 3.63) is 0 Å². The zero-order valence-electron chi connectivity index (χ0n) is 71.2. The van der Waals surface area contributed by atoms with Gasteiger partial charge in [-0.05, 0) is 51.4 Å². The number of carbonyl (C=O) groups is 6. The molecule has 0 heterocycles. The molecule has 0 aromatic heterocycles. The Bertz CT molecular complexity index is 2080. The Labute approximate surface area is 692 Å². The number of nitrogens with one attached hydrogen (secondary N) is 2. The Hall–Kier alpha value is -2.04. The molecule has 0 bridgehead atoms. The fourth-order valence-corrected chi connectivity index (χ4v) is 14.5. The minimum absolute atomic E-state index is 0. The van der Waals surface area contributed by atoms with Crippen molar-refractivity contribution in [3.8, 4) is 0 Å². The Balaban J connectivity index is 0. The monoisotopic (exact) mass is 1620 g/mol. The minimum atomic E-state index is -5.02. The first-order valence-electron chi connectivity index (χ1n) is 44.6. The molecule has 0 radical (unpaired) electrons. The van der Waals surface area contributed by atoms with Crippen LogP contribution >= 0.6 is 15.6 Å². The van der Waals surface area contributed by atoms with E-state index in [1.54, 1.807) is 0 Å². The summed E-state index contributed by atoms with van der Waals surface area (Å²) >= 11 is 0. The van der Waals surface area contributed by atoms with Crippen LogP contribution in [0.25, 0.3) is 0 Å². The number of carbonyl (C=O) groups excluding carboxylic acids is 6. The average molecular weight is 1620 g/mol. The number of phosphoric acid groups is 2. The van der Waals surface area contributed by atoms with Crippen LogP contribution in [0.5, 0.6) is 0 Å². The van der Waals surface area contributed by atoms with Gasteiger partial charge in [-0.3, -0.25) is 42.4 Å². The predicted molar refractivity (Wildman–Crippen MR) is 435 cm³/mol. The number of esters is 4. The van der Waals surface area contributed by atoms with Crippen LogP contribution in [0.15, 0.2) is 0 Å². The van der Waals surface area contributed by atoms with Crippen LogP contribution in [0, 0.1) is 0 Å². The summed E-state index contributed by atoms with van der Waals surface area (Å²) in [7, 11) is -9.80. The summed E-state index contributed by atoms with van der Waals surface area (Å²) in [6, 6.07) is 0. The quantitative estimate of drug-likeness (QED) is 0.0127. The molecule has 0 spiro atoms. The fourth-order valence-electron chi connectivity index (χ4n) is 13.0. The molecule has 3 N–H and O–H groups in total. The molecule has 0 aliphatic heterocycles. The van der Waals surface area contributed by atoms with E-state index in [0.717, 1.165) is 148 Å². The third-order valence-electron chi connectivity index (χ3n) is 19.7. The first-order valence-corrected chi connectivity index (χ1v) is 47.6. The molecule has 0 saturated heterocycles. The Morgan fingerprint density at radius 2 is 0.545 bits per heavy atom. The number of ether oxygens (including phenoxy) is 6. The SMILES string of the molecule is CCCCCCCCCCCCCC(=O)OC(COCC[C@@H](CCCCCCC)OC(=O)CCCCCCCCCCC)COP(=O)([O-])OCCNC(=O)CC(=O)NCCOP(=O)(O)OCC(COCC[C@H](CCCCCCC)OC(=O)CCCCCCCCCCC)OC(=O)CCCCCCCCCCCCC.[Na+]. The van der Waals surface area contributed by atoms with Crippen molar-refractivity contribution in [2.45, 2.75) is 445 Å².